The highest BCUT2D eigenvalue weighted by Crippen LogP contribution is 2.20. The van der Waals surface area contributed by atoms with Gasteiger partial charge in [-0.1, -0.05) is 6.07 Å². The highest BCUT2D eigenvalue weighted by molar-refractivity contribution is 5.88. The van der Waals surface area contributed by atoms with E-state index < -0.39 is 5.97 Å². The van der Waals surface area contributed by atoms with Crippen LogP contribution in [-0.2, 0) is 6.61 Å². The van der Waals surface area contributed by atoms with E-state index in [0.717, 1.165) is 5.56 Å². The SMILES string of the molecule is Cc1ccc(C#N)cc1OCc1ncncc1C(=O)O. The number of carbonyl (C=O) groups is 1. The van der Waals surface area contributed by atoms with Gasteiger partial charge in [0.05, 0.1) is 17.3 Å². The third-order valence-electron chi connectivity index (χ3n) is 2.71. The van der Waals surface area contributed by atoms with E-state index in [9.17, 15) is 4.79 Å². The molecule has 1 N–H and O–H groups in total. The summed E-state index contributed by atoms with van der Waals surface area (Å²) in [6, 6.07) is 7.09. The van der Waals surface area contributed by atoms with Gasteiger partial charge in [-0.2, -0.15) is 5.26 Å². The van der Waals surface area contributed by atoms with Crippen LogP contribution < -0.4 is 4.74 Å². The summed E-state index contributed by atoms with van der Waals surface area (Å²) < 4.78 is 5.55. The predicted octanol–water partition coefficient (Wildman–Crippen LogP) is 1.93. The molecule has 0 unspecified atom stereocenters. The molecule has 0 radical (unpaired) electrons. The number of benzene rings is 1. The number of aromatic carboxylic acids is 1. The molecule has 0 bridgehead atoms. The molecule has 0 spiro atoms. The fourth-order valence-corrected chi connectivity index (χ4v) is 1.62. The maximum atomic E-state index is 11.0. The van der Waals surface area contributed by atoms with Gasteiger partial charge < -0.3 is 9.84 Å². The Kier molecular flexibility index (Phi) is 3.91. The van der Waals surface area contributed by atoms with E-state index in [4.69, 9.17) is 15.1 Å². The van der Waals surface area contributed by atoms with E-state index in [0.29, 0.717) is 11.3 Å². The summed E-state index contributed by atoms with van der Waals surface area (Å²) in [6.07, 6.45) is 2.50. The first-order valence-electron chi connectivity index (χ1n) is 5.77. The molecule has 100 valence electrons. The van der Waals surface area contributed by atoms with Crippen LogP contribution in [-0.4, -0.2) is 21.0 Å². The largest absolute Gasteiger partial charge is 0.487 e. The average molecular weight is 269 g/mol. The Balaban J connectivity index is 2.21. The Hall–Kier alpha value is -2.94. The molecule has 6 heteroatoms. The van der Waals surface area contributed by atoms with Crippen LogP contribution in [0.2, 0.25) is 0 Å². The van der Waals surface area contributed by atoms with Crippen LogP contribution in [0.3, 0.4) is 0 Å². The first kappa shape index (κ1) is 13.5. The highest BCUT2D eigenvalue weighted by atomic mass is 16.5. The third-order valence-corrected chi connectivity index (χ3v) is 2.71. The van der Waals surface area contributed by atoms with Crippen molar-refractivity contribution in [1.29, 1.82) is 5.26 Å². The molecule has 1 heterocycles. The fraction of sp³-hybridized carbons (Fsp3) is 0.143. The number of nitrogens with zero attached hydrogens (tertiary/aromatic N) is 3. The van der Waals surface area contributed by atoms with E-state index in [1.54, 1.807) is 18.2 Å². The number of hydrogen-bond acceptors (Lipinski definition) is 5. The summed E-state index contributed by atoms with van der Waals surface area (Å²) in [5.74, 6) is -0.578. The molecule has 0 aliphatic carbocycles. The minimum absolute atomic E-state index is 0.000124. The van der Waals surface area contributed by atoms with Crippen LogP contribution >= 0.6 is 0 Å². The molecular weight excluding hydrogens is 258 g/mol. The van der Waals surface area contributed by atoms with Gasteiger partial charge in [-0.25, -0.2) is 14.8 Å². The molecule has 0 atom stereocenters. The van der Waals surface area contributed by atoms with Crippen LogP contribution in [0, 0.1) is 18.3 Å². The lowest BCUT2D eigenvalue weighted by atomic mass is 10.1. The number of carboxylic acids is 1. The highest BCUT2D eigenvalue weighted by Gasteiger charge is 2.12. The Morgan fingerprint density at radius 1 is 1.50 bits per heavy atom. The van der Waals surface area contributed by atoms with Crippen molar-refractivity contribution in [1.82, 2.24) is 9.97 Å². The van der Waals surface area contributed by atoms with Crippen molar-refractivity contribution in [2.75, 3.05) is 0 Å². The minimum atomic E-state index is -1.10. The van der Waals surface area contributed by atoms with Crippen molar-refractivity contribution in [3.05, 3.63) is 53.1 Å². The number of ether oxygens (including phenoxy) is 1. The van der Waals surface area contributed by atoms with Crippen LogP contribution in [0.5, 0.6) is 5.75 Å². The monoisotopic (exact) mass is 269 g/mol. The molecule has 0 aliphatic heterocycles. The van der Waals surface area contributed by atoms with E-state index in [2.05, 4.69) is 9.97 Å². The summed E-state index contributed by atoms with van der Waals surface area (Å²) in [7, 11) is 0. The summed E-state index contributed by atoms with van der Waals surface area (Å²) in [5, 5.41) is 17.9. The minimum Gasteiger partial charge on any atom is -0.487 e. The normalized spacial score (nSPS) is 9.80. The topological polar surface area (TPSA) is 96.1 Å². The molecule has 2 aromatic rings. The van der Waals surface area contributed by atoms with Crippen LogP contribution in [0.15, 0.2) is 30.7 Å². The molecule has 6 nitrogen and oxygen atoms in total. The Bertz CT molecular complexity index is 692. The Morgan fingerprint density at radius 2 is 2.30 bits per heavy atom. The van der Waals surface area contributed by atoms with Gasteiger partial charge in [0.1, 0.15) is 24.2 Å². The number of rotatable bonds is 4. The van der Waals surface area contributed by atoms with Gasteiger partial charge in [-0.15, -0.1) is 0 Å². The van der Waals surface area contributed by atoms with Crippen molar-refractivity contribution in [3.63, 3.8) is 0 Å². The van der Waals surface area contributed by atoms with Crippen LogP contribution in [0.25, 0.3) is 0 Å². The van der Waals surface area contributed by atoms with Crippen molar-refractivity contribution >= 4 is 5.97 Å². The van der Waals surface area contributed by atoms with E-state index >= 15 is 0 Å². The lowest BCUT2D eigenvalue weighted by Gasteiger charge is -2.10. The Labute approximate surface area is 115 Å². The van der Waals surface area contributed by atoms with Gasteiger partial charge in [0.2, 0.25) is 0 Å². The molecular formula is C14H11N3O3. The molecule has 0 fully saturated rings. The second-order valence-electron chi connectivity index (χ2n) is 4.07. The standard InChI is InChI=1S/C14H11N3O3/c1-9-2-3-10(5-15)4-13(9)20-7-12-11(14(18)19)6-16-8-17-12/h2-4,6,8H,7H2,1H3,(H,18,19). The van der Waals surface area contributed by atoms with Crippen LogP contribution in [0.4, 0.5) is 0 Å². The van der Waals surface area contributed by atoms with Crippen LogP contribution in [0.1, 0.15) is 27.2 Å². The molecule has 2 rings (SSSR count). The molecule has 20 heavy (non-hydrogen) atoms. The summed E-state index contributed by atoms with van der Waals surface area (Å²) in [4.78, 5) is 18.6. The second-order valence-corrected chi connectivity index (χ2v) is 4.07. The molecule has 1 aromatic heterocycles. The first-order chi connectivity index (χ1) is 9.61. The zero-order valence-electron chi connectivity index (χ0n) is 10.7. The zero-order chi connectivity index (χ0) is 14.5. The summed E-state index contributed by atoms with van der Waals surface area (Å²) in [5.41, 5.74) is 1.62. The van der Waals surface area contributed by atoms with Gasteiger partial charge in [-0.3, -0.25) is 0 Å². The van der Waals surface area contributed by atoms with Crippen molar-refractivity contribution in [3.8, 4) is 11.8 Å². The second kappa shape index (κ2) is 5.80. The van der Waals surface area contributed by atoms with E-state index in [1.807, 2.05) is 13.0 Å². The fourth-order valence-electron chi connectivity index (χ4n) is 1.62. The molecule has 0 aliphatic rings. The maximum Gasteiger partial charge on any atom is 0.339 e. The van der Waals surface area contributed by atoms with E-state index in [1.165, 1.54) is 12.5 Å². The van der Waals surface area contributed by atoms with Gasteiger partial charge in [0.25, 0.3) is 0 Å². The van der Waals surface area contributed by atoms with Gasteiger partial charge >= 0.3 is 5.97 Å². The molecule has 0 saturated heterocycles. The lowest BCUT2D eigenvalue weighted by molar-refractivity contribution is 0.0692. The van der Waals surface area contributed by atoms with Gasteiger partial charge in [0, 0.05) is 6.20 Å². The summed E-state index contributed by atoms with van der Waals surface area (Å²) in [6.45, 7) is 1.84. The Morgan fingerprint density at radius 3 is 3.00 bits per heavy atom. The van der Waals surface area contributed by atoms with E-state index in [-0.39, 0.29) is 17.9 Å². The number of nitriles is 1. The number of aromatic nitrogens is 2. The number of hydrogen-bond donors (Lipinski definition) is 1. The average Bonchev–Trinajstić information content (AvgIpc) is 2.46. The molecule has 1 aromatic carbocycles. The smallest absolute Gasteiger partial charge is 0.339 e. The van der Waals surface area contributed by atoms with Gasteiger partial charge in [-0.05, 0) is 24.6 Å². The maximum absolute atomic E-state index is 11.0. The van der Waals surface area contributed by atoms with Crippen molar-refractivity contribution in [2.45, 2.75) is 13.5 Å². The van der Waals surface area contributed by atoms with Gasteiger partial charge in [0.15, 0.2) is 0 Å². The molecule has 0 amide bonds. The summed E-state index contributed by atoms with van der Waals surface area (Å²) >= 11 is 0. The quantitative estimate of drug-likeness (QED) is 0.911. The van der Waals surface area contributed by atoms with Crippen molar-refractivity contribution in [2.24, 2.45) is 0 Å². The lowest BCUT2D eigenvalue weighted by Crippen LogP contribution is -2.09. The first-order valence-corrected chi connectivity index (χ1v) is 5.77. The zero-order valence-corrected chi connectivity index (χ0v) is 10.7. The number of aryl methyl sites for hydroxylation is 1. The van der Waals surface area contributed by atoms with Crippen molar-refractivity contribution < 1.29 is 14.6 Å². The predicted molar refractivity (Wildman–Crippen MR) is 69.2 cm³/mol. The number of carboxylic acid groups (broad SMARTS) is 1. The third kappa shape index (κ3) is 2.90. The molecule has 0 saturated carbocycles.